The van der Waals surface area contributed by atoms with Crippen LogP contribution < -0.4 is 0 Å². The number of carbonyl (C=O) groups excluding carboxylic acids is 3. The first-order valence-electron chi connectivity index (χ1n) is 11.2. The molecule has 0 amide bonds. The van der Waals surface area contributed by atoms with Crippen molar-refractivity contribution in [1.29, 1.82) is 0 Å². The van der Waals surface area contributed by atoms with Crippen LogP contribution in [0.25, 0.3) is 0 Å². The summed E-state index contributed by atoms with van der Waals surface area (Å²) in [7, 11) is 2.17. The van der Waals surface area contributed by atoms with Crippen molar-refractivity contribution in [3.8, 4) is 0 Å². The van der Waals surface area contributed by atoms with E-state index in [0.717, 1.165) is 0 Å². The van der Waals surface area contributed by atoms with E-state index in [1.54, 1.807) is 91.0 Å². The standard InChI is InChI=1S/C27H25O7P/c28-25(18-10-4-1-5-11-18)31-17-21-16-22(34-35)24(33-27(30)20-14-8-3-9-15-20)23(21)32-26(29)19-12-6-2-7-13-19/h1-15,21-24H,16-17,35H2/t21-,22+,23?,24?/m1/s1. The number of benzene rings is 3. The molecular weight excluding hydrogens is 467 g/mol. The Hall–Kier alpha value is -3.54. The van der Waals surface area contributed by atoms with E-state index in [0.29, 0.717) is 23.1 Å². The lowest BCUT2D eigenvalue weighted by atomic mass is 10.1. The van der Waals surface area contributed by atoms with Gasteiger partial charge in [-0.3, -0.25) is 0 Å². The van der Waals surface area contributed by atoms with Gasteiger partial charge in [-0.05, 0) is 42.8 Å². The second-order valence-corrected chi connectivity index (χ2v) is 8.38. The summed E-state index contributed by atoms with van der Waals surface area (Å²) in [6.45, 7) is -0.0373. The van der Waals surface area contributed by atoms with Crippen LogP contribution in [0.1, 0.15) is 37.5 Å². The van der Waals surface area contributed by atoms with Crippen molar-refractivity contribution in [2.24, 2.45) is 5.92 Å². The molecule has 1 fully saturated rings. The summed E-state index contributed by atoms with van der Waals surface area (Å²) >= 11 is 0. The smallest absolute Gasteiger partial charge is 0.338 e. The average Bonchev–Trinajstić information content (AvgIpc) is 3.24. The van der Waals surface area contributed by atoms with E-state index in [9.17, 15) is 14.4 Å². The number of hydrogen-bond donors (Lipinski definition) is 0. The lowest BCUT2D eigenvalue weighted by Gasteiger charge is -2.26. The first kappa shape index (κ1) is 24.6. The van der Waals surface area contributed by atoms with Crippen LogP contribution in [-0.4, -0.2) is 42.8 Å². The molecule has 0 N–H and O–H groups in total. The number of hydrogen-bond acceptors (Lipinski definition) is 7. The molecule has 0 heterocycles. The van der Waals surface area contributed by atoms with Crippen LogP contribution in [0.3, 0.4) is 0 Å². The molecule has 8 heteroatoms. The van der Waals surface area contributed by atoms with Crippen LogP contribution >= 0.6 is 9.47 Å². The lowest BCUT2D eigenvalue weighted by molar-refractivity contribution is -0.0579. The zero-order valence-corrected chi connectivity index (χ0v) is 20.0. The summed E-state index contributed by atoms with van der Waals surface area (Å²) in [6.07, 6.45) is -2.01. The Morgan fingerprint density at radius 3 is 1.54 bits per heavy atom. The highest BCUT2D eigenvalue weighted by atomic mass is 31.0. The Morgan fingerprint density at radius 1 is 0.657 bits per heavy atom. The number of rotatable bonds is 8. The first-order chi connectivity index (χ1) is 17.1. The molecule has 0 spiro atoms. The molecule has 0 aromatic heterocycles. The van der Waals surface area contributed by atoms with E-state index in [2.05, 4.69) is 9.47 Å². The Bertz CT molecular complexity index is 1140. The molecule has 0 aliphatic heterocycles. The molecule has 3 aromatic rings. The van der Waals surface area contributed by atoms with Crippen molar-refractivity contribution >= 4 is 27.4 Å². The maximum absolute atomic E-state index is 12.9. The number of carbonyl (C=O) groups is 3. The highest BCUT2D eigenvalue weighted by Crippen LogP contribution is 2.36. The van der Waals surface area contributed by atoms with E-state index < -0.39 is 42.1 Å². The van der Waals surface area contributed by atoms with Crippen LogP contribution in [0.15, 0.2) is 91.0 Å². The topological polar surface area (TPSA) is 88.1 Å². The Morgan fingerprint density at radius 2 is 1.09 bits per heavy atom. The van der Waals surface area contributed by atoms with Crippen LogP contribution in [-0.2, 0) is 18.7 Å². The maximum Gasteiger partial charge on any atom is 0.338 e. The van der Waals surface area contributed by atoms with Crippen molar-refractivity contribution in [2.45, 2.75) is 24.7 Å². The Labute approximate surface area is 205 Å². The van der Waals surface area contributed by atoms with Gasteiger partial charge in [-0.25, -0.2) is 14.4 Å². The van der Waals surface area contributed by atoms with Crippen molar-refractivity contribution < 1.29 is 33.1 Å². The maximum atomic E-state index is 12.9. The fourth-order valence-corrected chi connectivity index (χ4v) is 4.29. The van der Waals surface area contributed by atoms with Crippen LogP contribution in [0.4, 0.5) is 0 Å². The Balaban J connectivity index is 1.54. The molecule has 4 rings (SSSR count). The van der Waals surface area contributed by atoms with Gasteiger partial charge in [-0.15, -0.1) is 0 Å². The zero-order chi connectivity index (χ0) is 24.6. The molecule has 7 nitrogen and oxygen atoms in total. The first-order valence-corrected chi connectivity index (χ1v) is 11.6. The number of esters is 3. The van der Waals surface area contributed by atoms with Gasteiger partial charge in [0.25, 0.3) is 0 Å². The molecule has 0 saturated heterocycles. The minimum absolute atomic E-state index is 0.0373. The molecule has 5 atom stereocenters. The van der Waals surface area contributed by atoms with Gasteiger partial charge in [-0.2, -0.15) is 0 Å². The third-order valence-corrected chi connectivity index (χ3v) is 6.16. The average molecular weight is 492 g/mol. The number of ether oxygens (including phenoxy) is 3. The molecule has 1 saturated carbocycles. The van der Waals surface area contributed by atoms with Crippen molar-refractivity contribution in [3.05, 3.63) is 108 Å². The summed E-state index contributed by atoms with van der Waals surface area (Å²) in [5, 5.41) is 0. The summed E-state index contributed by atoms with van der Waals surface area (Å²) in [5.74, 6) is -2.08. The van der Waals surface area contributed by atoms with Crippen molar-refractivity contribution in [1.82, 2.24) is 0 Å². The van der Waals surface area contributed by atoms with Gasteiger partial charge in [0.05, 0.1) is 23.3 Å². The SMILES string of the molecule is O=C(OC[C@H]1C[C@H](OP)C(OC(=O)c2ccccc2)C1OC(=O)c1ccccc1)c1ccccc1. The molecule has 1 aliphatic carbocycles. The highest BCUT2D eigenvalue weighted by molar-refractivity contribution is 7.09. The van der Waals surface area contributed by atoms with Gasteiger partial charge in [0.2, 0.25) is 0 Å². The second-order valence-electron chi connectivity index (χ2n) is 8.11. The third kappa shape index (κ3) is 6.13. The van der Waals surface area contributed by atoms with Gasteiger partial charge < -0.3 is 18.7 Å². The van der Waals surface area contributed by atoms with Crippen molar-refractivity contribution in [2.75, 3.05) is 6.61 Å². The van der Waals surface area contributed by atoms with Gasteiger partial charge in [0, 0.05) is 15.4 Å². The zero-order valence-electron chi connectivity index (χ0n) is 18.8. The molecule has 3 unspecified atom stereocenters. The third-order valence-electron chi connectivity index (χ3n) is 5.81. The molecule has 1 aliphatic rings. The van der Waals surface area contributed by atoms with E-state index in [1.165, 1.54) is 0 Å². The quantitative estimate of drug-likeness (QED) is 0.260. The monoisotopic (exact) mass is 492 g/mol. The minimum Gasteiger partial charge on any atom is -0.462 e. The molecule has 35 heavy (non-hydrogen) atoms. The fraction of sp³-hybridized carbons (Fsp3) is 0.222. The molecule has 3 aromatic carbocycles. The lowest BCUT2D eigenvalue weighted by Crippen LogP contribution is -2.40. The summed E-state index contributed by atoms with van der Waals surface area (Å²) in [6, 6.07) is 25.7. The van der Waals surface area contributed by atoms with E-state index >= 15 is 0 Å². The Kier molecular flexibility index (Phi) is 8.24. The highest BCUT2D eigenvalue weighted by Gasteiger charge is 2.49. The van der Waals surface area contributed by atoms with E-state index in [-0.39, 0.29) is 6.61 Å². The van der Waals surface area contributed by atoms with Crippen LogP contribution in [0.2, 0.25) is 0 Å². The molecule has 180 valence electrons. The van der Waals surface area contributed by atoms with Gasteiger partial charge >= 0.3 is 17.9 Å². The predicted octanol–water partition coefficient (Wildman–Crippen LogP) is 4.49. The summed E-state index contributed by atoms with van der Waals surface area (Å²) in [5.41, 5.74) is 1.13. The van der Waals surface area contributed by atoms with Gasteiger partial charge in [-0.1, -0.05) is 54.6 Å². The van der Waals surface area contributed by atoms with Gasteiger partial charge in [0.1, 0.15) is 12.2 Å². The molecule has 0 bridgehead atoms. The van der Waals surface area contributed by atoms with E-state index in [4.69, 9.17) is 18.7 Å². The van der Waals surface area contributed by atoms with E-state index in [1.807, 2.05) is 0 Å². The largest absolute Gasteiger partial charge is 0.462 e. The predicted molar refractivity (Wildman–Crippen MR) is 131 cm³/mol. The summed E-state index contributed by atoms with van der Waals surface area (Å²) < 4.78 is 22.6. The van der Waals surface area contributed by atoms with Gasteiger partial charge in [0.15, 0.2) is 6.10 Å². The van der Waals surface area contributed by atoms with Crippen molar-refractivity contribution in [3.63, 3.8) is 0 Å². The fourth-order valence-electron chi connectivity index (χ4n) is 4.02. The second kappa shape index (κ2) is 11.7. The minimum atomic E-state index is -0.895. The molecule has 0 radical (unpaired) electrons. The molecular formula is C27H25O7P. The summed E-state index contributed by atoms with van der Waals surface area (Å²) in [4.78, 5) is 38.2. The normalized spacial score (nSPS) is 21.2. The van der Waals surface area contributed by atoms with Crippen LogP contribution in [0.5, 0.6) is 0 Å². The van der Waals surface area contributed by atoms with Crippen LogP contribution in [0, 0.1) is 5.92 Å².